The van der Waals surface area contributed by atoms with Crippen LogP contribution in [0.4, 0.5) is 19.0 Å². The second kappa shape index (κ2) is 5.05. The molecule has 0 radical (unpaired) electrons. The van der Waals surface area contributed by atoms with Crippen LogP contribution in [0.3, 0.4) is 0 Å². The first-order chi connectivity index (χ1) is 9.74. The van der Waals surface area contributed by atoms with E-state index in [1.807, 2.05) is 0 Å². The van der Waals surface area contributed by atoms with Crippen molar-refractivity contribution >= 4 is 17.6 Å². The molecule has 21 heavy (non-hydrogen) atoms. The van der Waals surface area contributed by atoms with E-state index in [0.29, 0.717) is 6.07 Å². The smallest absolute Gasteiger partial charge is 0.334 e. The van der Waals surface area contributed by atoms with Gasteiger partial charge in [-0.1, -0.05) is 0 Å². The fourth-order valence-corrected chi connectivity index (χ4v) is 1.89. The summed E-state index contributed by atoms with van der Waals surface area (Å²) in [6, 6.07) is 2.44. The Morgan fingerprint density at radius 2 is 2.10 bits per heavy atom. The van der Waals surface area contributed by atoms with Crippen LogP contribution in [0.2, 0.25) is 0 Å². The molecule has 0 saturated carbocycles. The van der Waals surface area contributed by atoms with E-state index in [0.717, 1.165) is 11.0 Å². The summed E-state index contributed by atoms with van der Waals surface area (Å²) in [5, 5.41) is 11.0. The highest BCUT2D eigenvalue weighted by Gasteiger charge is 2.36. The Balaban J connectivity index is 2.53. The predicted octanol–water partition coefficient (Wildman–Crippen LogP) is 0.823. The van der Waals surface area contributed by atoms with Gasteiger partial charge in [0.2, 0.25) is 11.8 Å². The van der Waals surface area contributed by atoms with Crippen LogP contribution < -0.4 is 10.2 Å². The van der Waals surface area contributed by atoms with Crippen molar-refractivity contribution in [3.8, 4) is 6.07 Å². The Morgan fingerprint density at radius 3 is 2.67 bits per heavy atom. The first kappa shape index (κ1) is 14.8. The average Bonchev–Trinajstić information content (AvgIpc) is 2.41. The number of pyridine rings is 1. The zero-order chi connectivity index (χ0) is 15.8. The van der Waals surface area contributed by atoms with Gasteiger partial charge in [0, 0.05) is 0 Å². The molecule has 0 aliphatic carbocycles. The van der Waals surface area contributed by atoms with E-state index in [1.165, 1.54) is 6.92 Å². The van der Waals surface area contributed by atoms with Gasteiger partial charge in [0.05, 0.1) is 12.1 Å². The quantitative estimate of drug-likeness (QED) is 0.776. The summed E-state index contributed by atoms with van der Waals surface area (Å²) in [4.78, 5) is 27.4. The molecule has 0 aromatic carbocycles. The molecule has 110 valence electrons. The van der Waals surface area contributed by atoms with Gasteiger partial charge in [0.15, 0.2) is 0 Å². The van der Waals surface area contributed by atoms with Gasteiger partial charge >= 0.3 is 6.18 Å². The minimum atomic E-state index is -4.69. The minimum Gasteiger partial charge on any atom is -0.334 e. The molecule has 1 atom stereocenters. The summed E-state index contributed by atoms with van der Waals surface area (Å²) < 4.78 is 38.1. The Kier molecular flexibility index (Phi) is 3.55. The van der Waals surface area contributed by atoms with E-state index in [2.05, 4.69) is 10.3 Å². The minimum absolute atomic E-state index is 0.141. The predicted molar refractivity (Wildman–Crippen MR) is 63.9 cm³/mol. The molecule has 0 spiro atoms. The molecule has 1 N–H and O–H groups in total. The van der Waals surface area contributed by atoms with Crippen LogP contribution in [0.25, 0.3) is 0 Å². The number of halogens is 3. The van der Waals surface area contributed by atoms with E-state index >= 15 is 0 Å². The number of hydrogen-bond acceptors (Lipinski definition) is 5. The number of alkyl halides is 3. The van der Waals surface area contributed by atoms with Crippen LogP contribution in [0.5, 0.6) is 0 Å². The summed E-state index contributed by atoms with van der Waals surface area (Å²) in [5.74, 6) is -1.65. The number of amides is 2. The number of nitriles is 1. The molecule has 0 bridgehead atoms. The van der Waals surface area contributed by atoms with E-state index in [1.54, 1.807) is 6.07 Å². The second-order valence-corrected chi connectivity index (χ2v) is 4.39. The monoisotopic (exact) mass is 298 g/mol. The number of nitrogens with one attached hydrogen (secondary N) is 1. The number of carbonyl (C=O) groups is 2. The highest BCUT2D eigenvalue weighted by Crippen LogP contribution is 2.31. The van der Waals surface area contributed by atoms with Gasteiger partial charge in [-0.2, -0.15) is 18.4 Å². The van der Waals surface area contributed by atoms with Crippen LogP contribution in [0, 0.1) is 11.3 Å². The van der Waals surface area contributed by atoms with Gasteiger partial charge in [-0.05, 0) is 19.1 Å². The molecule has 1 fully saturated rings. The third-order valence-electron chi connectivity index (χ3n) is 2.98. The van der Waals surface area contributed by atoms with Crippen molar-refractivity contribution in [2.75, 3.05) is 11.4 Å². The van der Waals surface area contributed by atoms with Crippen molar-refractivity contribution in [1.29, 1.82) is 5.26 Å². The number of anilines is 1. The molecule has 1 aliphatic rings. The molecule has 2 amide bonds. The Bertz CT molecular complexity index is 651. The number of aromatic nitrogens is 1. The van der Waals surface area contributed by atoms with Crippen LogP contribution in [0.15, 0.2) is 12.1 Å². The maximum absolute atomic E-state index is 12.7. The van der Waals surface area contributed by atoms with Crippen molar-refractivity contribution in [2.24, 2.45) is 0 Å². The molecule has 1 aliphatic heterocycles. The summed E-state index contributed by atoms with van der Waals surface area (Å²) in [6.45, 7) is 1.06. The first-order valence-electron chi connectivity index (χ1n) is 5.82. The number of rotatable bonds is 1. The summed E-state index contributed by atoms with van der Waals surface area (Å²) in [5.41, 5.74) is -1.33. The third kappa shape index (κ3) is 2.79. The van der Waals surface area contributed by atoms with Gasteiger partial charge in [0.25, 0.3) is 0 Å². The molecule has 1 aromatic rings. The van der Waals surface area contributed by atoms with Crippen molar-refractivity contribution in [2.45, 2.75) is 19.1 Å². The maximum Gasteiger partial charge on any atom is 0.433 e. The first-order valence-corrected chi connectivity index (χ1v) is 5.82. The zero-order valence-electron chi connectivity index (χ0n) is 10.7. The second-order valence-electron chi connectivity index (χ2n) is 4.39. The highest BCUT2D eigenvalue weighted by atomic mass is 19.4. The normalized spacial score (nSPS) is 19.2. The molecule has 2 rings (SSSR count). The van der Waals surface area contributed by atoms with E-state index < -0.39 is 29.7 Å². The summed E-state index contributed by atoms with van der Waals surface area (Å²) in [7, 11) is 0. The molecule has 1 aromatic heterocycles. The topological polar surface area (TPSA) is 86.1 Å². The molecule has 2 heterocycles. The Hall–Kier alpha value is -2.63. The number of piperazine rings is 1. The van der Waals surface area contributed by atoms with E-state index in [4.69, 9.17) is 5.26 Å². The van der Waals surface area contributed by atoms with Crippen molar-refractivity contribution in [1.82, 2.24) is 10.3 Å². The SMILES string of the molecule is CC1C(=O)NC(=O)CN1c1nc(C(F)(F)F)ccc1C#N. The number of imide groups is 1. The van der Waals surface area contributed by atoms with Gasteiger partial charge in [-0.25, -0.2) is 4.98 Å². The standard InChI is InChI=1S/C12H9F3N4O2/c1-6-11(21)18-9(20)5-19(6)10-7(4-16)2-3-8(17-10)12(13,14)15/h2-3,6H,5H2,1H3,(H,18,20,21). The number of carbonyl (C=O) groups excluding carboxylic acids is 2. The lowest BCUT2D eigenvalue weighted by Crippen LogP contribution is -2.57. The number of hydrogen-bond donors (Lipinski definition) is 1. The van der Waals surface area contributed by atoms with Crippen LogP contribution >= 0.6 is 0 Å². The van der Waals surface area contributed by atoms with Crippen LogP contribution in [-0.2, 0) is 15.8 Å². The maximum atomic E-state index is 12.7. The molecular weight excluding hydrogens is 289 g/mol. The van der Waals surface area contributed by atoms with Crippen LogP contribution in [0.1, 0.15) is 18.2 Å². The van der Waals surface area contributed by atoms with Crippen molar-refractivity contribution < 1.29 is 22.8 Å². The Labute approximate surface area is 117 Å². The van der Waals surface area contributed by atoms with Gasteiger partial charge < -0.3 is 4.90 Å². The van der Waals surface area contributed by atoms with Crippen molar-refractivity contribution in [3.63, 3.8) is 0 Å². The molecule has 1 saturated heterocycles. The zero-order valence-corrected chi connectivity index (χ0v) is 10.7. The summed E-state index contributed by atoms with van der Waals surface area (Å²) >= 11 is 0. The van der Waals surface area contributed by atoms with E-state index in [-0.39, 0.29) is 17.9 Å². The third-order valence-corrected chi connectivity index (χ3v) is 2.98. The van der Waals surface area contributed by atoms with Gasteiger partial charge in [-0.15, -0.1) is 0 Å². The Morgan fingerprint density at radius 1 is 1.43 bits per heavy atom. The summed E-state index contributed by atoms with van der Waals surface area (Å²) in [6.07, 6.45) is -4.69. The number of nitrogens with zero attached hydrogens (tertiary/aromatic N) is 3. The van der Waals surface area contributed by atoms with E-state index in [9.17, 15) is 22.8 Å². The molecule has 1 unspecified atom stereocenters. The lowest BCUT2D eigenvalue weighted by Gasteiger charge is -2.33. The van der Waals surface area contributed by atoms with Gasteiger partial charge in [0.1, 0.15) is 23.6 Å². The van der Waals surface area contributed by atoms with Crippen molar-refractivity contribution in [3.05, 3.63) is 23.4 Å². The molecule has 6 nitrogen and oxygen atoms in total. The molecule has 9 heteroatoms. The average molecular weight is 298 g/mol. The van der Waals surface area contributed by atoms with Gasteiger partial charge in [-0.3, -0.25) is 14.9 Å². The molecular formula is C12H9F3N4O2. The lowest BCUT2D eigenvalue weighted by atomic mass is 10.1. The lowest BCUT2D eigenvalue weighted by molar-refractivity contribution is -0.141. The largest absolute Gasteiger partial charge is 0.433 e. The van der Waals surface area contributed by atoms with Crippen LogP contribution in [-0.4, -0.2) is 29.4 Å². The fourth-order valence-electron chi connectivity index (χ4n) is 1.89. The fraction of sp³-hybridized carbons (Fsp3) is 0.333. The highest BCUT2D eigenvalue weighted by molar-refractivity contribution is 6.04.